The molecule has 4 aliphatic rings. The van der Waals surface area contributed by atoms with Gasteiger partial charge in [-0.15, -0.1) is 0 Å². The maximum absolute atomic E-state index is 2.61. The van der Waals surface area contributed by atoms with Crippen molar-refractivity contribution < 1.29 is 0 Å². The lowest BCUT2D eigenvalue weighted by Crippen LogP contribution is -2.71. The average Bonchev–Trinajstić information content (AvgIpc) is 2.33. The van der Waals surface area contributed by atoms with E-state index in [1.165, 1.54) is 12.8 Å². The van der Waals surface area contributed by atoms with E-state index in [0.717, 1.165) is 27.6 Å². The topological polar surface area (TPSA) is 0 Å². The number of rotatable bonds is 0. The van der Waals surface area contributed by atoms with Crippen molar-refractivity contribution in [3.8, 4) is 0 Å². The van der Waals surface area contributed by atoms with Crippen molar-refractivity contribution in [1.29, 1.82) is 0 Å². The van der Waals surface area contributed by atoms with Crippen LogP contribution < -0.4 is 0 Å². The van der Waals surface area contributed by atoms with Crippen molar-refractivity contribution >= 4 is 0 Å². The molecule has 0 aromatic rings. The molecule has 14 heavy (non-hydrogen) atoms. The molecule has 4 saturated carbocycles. The maximum Gasteiger partial charge on any atom is -0.0107 e. The van der Waals surface area contributed by atoms with Crippen LogP contribution in [0.25, 0.3) is 0 Å². The van der Waals surface area contributed by atoms with E-state index in [4.69, 9.17) is 0 Å². The largest absolute Gasteiger partial charge is 0.0590 e. The molecule has 0 amide bonds. The highest BCUT2D eigenvalue weighted by atomic mass is 14.9. The Bertz CT molecular complexity index is 303. The van der Waals surface area contributed by atoms with Crippen molar-refractivity contribution in [1.82, 2.24) is 0 Å². The summed E-state index contributed by atoms with van der Waals surface area (Å²) in [5.41, 5.74) is 3.09. The highest BCUT2D eigenvalue weighted by Gasteiger charge is 2.86. The second kappa shape index (κ2) is 1.72. The Morgan fingerprint density at radius 3 is 2.14 bits per heavy atom. The summed E-state index contributed by atoms with van der Waals surface area (Å²) in [4.78, 5) is 0. The predicted molar refractivity (Wildman–Crippen MR) is 57.9 cm³/mol. The molecule has 2 unspecified atom stereocenters. The summed E-state index contributed by atoms with van der Waals surface area (Å²) in [6, 6.07) is 0. The van der Waals surface area contributed by atoms with Crippen LogP contribution in [0.3, 0.4) is 0 Å². The van der Waals surface area contributed by atoms with Crippen molar-refractivity contribution in [2.75, 3.05) is 0 Å². The zero-order chi connectivity index (χ0) is 9.82. The molecule has 4 rings (SSSR count). The first-order chi connectivity index (χ1) is 6.48. The molecule has 0 saturated heterocycles. The van der Waals surface area contributed by atoms with Gasteiger partial charge in [-0.05, 0) is 66.1 Å². The molecule has 0 bridgehead atoms. The fraction of sp³-hybridized carbons (Fsp3) is 1.00. The molecular weight excluding hydrogens is 168 g/mol. The van der Waals surface area contributed by atoms with E-state index < -0.39 is 0 Å². The molecule has 4 fully saturated rings. The molecule has 0 aliphatic heterocycles. The first-order valence-corrected chi connectivity index (χ1v) is 6.48. The summed E-state index contributed by atoms with van der Waals surface area (Å²) in [6.45, 7) is 7.83. The first kappa shape index (κ1) is 8.19. The summed E-state index contributed by atoms with van der Waals surface area (Å²) in [5.74, 6) is 1.12. The Morgan fingerprint density at radius 2 is 1.50 bits per heavy atom. The van der Waals surface area contributed by atoms with Crippen LogP contribution in [0.5, 0.6) is 0 Å². The van der Waals surface area contributed by atoms with Gasteiger partial charge < -0.3 is 0 Å². The van der Waals surface area contributed by atoms with Gasteiger partial charge in [-0.25, -0.2) is 0 Å². The molecule has 0 radical (unpaired) electrons. The van der Waals surface area contributed by atoms with Crippen molar-refractivity contribution in [3.63, 3.8) is 0 Å². The van der Waals surface area contributed by atoms with Crippen molar-refractivity contribution in [3.05, 3.63) is 0 Å². The van der Waals surface area contributed by atoms with Crippen LogP contribution in [0.4, 0.5) is 0 Å². The summed E-state index contributed by atoms with van der Waals surface area (Å²) < 4.78 is 0. The van der Waals surface area contributed by atoms with Gasteiger partial charge in [0.25, 0.3) is 0 Å². The number of hydrogen-bond acceptors (Lipinski definition) is 0. The van der Waals surface area contributed by atoms with E-state index in [1.54, 1.807) is 25.7 Å². The predicted octanol–water partition coefficient (Wildman–Crippen LogP) is 4.00. The SMILES string of the molecule is C[C@]12CC[C@]3(C)CC4CC[C@](C)(C1)C423. The van der Waals surface area contributed by atoms with Gasteiger partial charge in [0.2, 0.25) is 0 Å². The van der Waals surface area contributed by atoms with Gasteiger partial charge in [-0.2, -0.15) is 0 Å². The lowest BCUT2D eigenvalue weighted by atomic mass is 9.27. The van der Waals surface area contributed by atoms with Crippen LogP contribution in [0.1, 0.15) is 59.3 Å². The standard InChI is InChI=1S/C14H22/c1-11-6-7-13(3)9-12(2)5-4-10(8-11)14(11,12)13/h10H,4-9H2,1-3H3/t10?,11-,12-,13+,14?/m1/s1. The maximum atomic E-state index is 2.61. The van der Waals surface area contributed by atoms with Crippen LogP contribution in [0, 0.1) is 27.6 Å². The van der Waals surface area contributed by atoms with Crippen molar-refractivity contribution in [2.45, 2.75) is 59.3 Å². The molecule has 0 aromatic heterocycles. The van der Waals surface area contributed by atoms with E-state index >= 15 is 0 Å². The van der Waals surface area contributed by atoms with Crippen LogP contribution in [0.2, 0.25) is 0 Å². The molecule has 4 aliphatic carbocycles. The molecule has 0 N–H and O–H groups in total. The summed E-state index contributed by atoms with van der Waals surface area (Å²) in [5, 5.41) is 0. The van der Waals surface area contributed by atoms with Gasteiger partial charge in [0.1, 0.15) is 0 Å². The van der Waals surface area contributed by atoms with Crippen LogP contribution in [-0.4, -0.2) is 0 Å². The normalized spacial score (nSPS) is 73.5. The lowest BCUT2D eigenvalue weighted by molar-refractivity contribution is -0.292. The third-order valence-corrected chi connectivity index (χ3v) is 7.22. The van der Waals surface area contributed by atoms with Crippen LogP contribution in [-0.2, 0) is 0 Å². The number of hydrogen-bond donors (Lipinski definition) is 0. The molecule has 0 heterocycles. The minimum atomic E-state index is 0.760. The smallest absolute Gasteiger partial charge is 0.0107 e. The van der Waals surface area contributed by atoms with E-state index in [2.05, 4.69) is 20.8 Å². The molecule has 0 nitrogen and oxygen atoms in total. The van der Waals surface area contributed by atoms with E-state index in [1.807, 2.05) is 0 Å². The zero-order valence-electron chi connectivity index (χ0n) is 9.82. The summed E-state index contributed by atoms with van der Waals surface area (Å²) in [6.07, 6.45) is 9.29. The third kappa shape index (κ3) is 0.447. The Morgan fingerprint density at radius 1 is 0.857 bits per heavy atom. The second-order valence-electron chi connectivity index (χ2n) is 7.61. The minimum Gasteiger partial charge on any atom is -0.0590 e. The van der Waals surface area contributed by atoms with Crippen LogP contribution >= 0.6 is 0 Å². The van der Waals surface area contributed by atoms with Gasteiger partial charge >= 0.3 is 0 Å². The second-order valence-corrected chi connectivity index (χ2v) is 7.61. The fourth-order valence-electron chi connectivity index (χ4n) is 7.66. The van der Waals surface area contributed by atoms with Gasteiger partial charge in [0, 0.05) is 0 Å². The van der Waals surface area contributed by atoms with E-state index in [9.17, 15) is 0 Å². The van der Waals surface area contributed by atoms with Gasteiger partial charge in [0.05, 0.1) is 0 Å². The monoisotopic (exact) mass is 190 g/mol. The minimum absolute atomic E-state index is 0.760. The molecule has 0 aromatic carbocycles. The average molecular weight is 190 g/mol. The van der Waals surface area contributed by atoms with Crippen LogP contribution in [0.15, 0.2) is 0 Å². The fourth-order valence-corrected chi connectivity index (χ4v) is 7.66. The molecular formula is C14H22. The van der Waals surface area contributed by atoms with Gasteiger partial charge in [0.15, 0.2) is 0 Å². The highest BCUT2D eigenvalue weighted by Crippen LogP contribution is 2.94. The third-order valence-electron chi connectivity index (χ3n) is 7.22. The Kier molecular flexibility index (Phi) is 1.01. The van der Waals surface area contributed by atoms with Gasteiger partial charge in [-0.3, -0.25) is 0 Å². The molecule has 78 valence electrons. The zero-order valence-corrected chi connectivity index (χ0v) is 9.82. The van der Waals surface area contributed by atoms with E-state index in [-0.39, 0.29) is 0 Å². The lowest BCUT2D eigenvalue weighted by Gasteiger charge is -2.77. The highest BCUT2D eigenvalue weighted by molar-refractivity contribution is 5.34. The van der Waals surface area contributed by atoms with Gasteiger partial charge in [-0.1, -0.05) is 20.8 Å². The van der Waals surface area contributed by atoms with E-state index in [0.29, 0.717) is 0 Å². The first-order valence-electron chi connectivity index (χ1n) is 6.48. The van der Waals surface area contributed by atoms with Crippen molar-refractivity contribution in [2.24, 2.45) is 27.6 Å². The quantitative estimate of drug-likeness (QED) is 0.541. The Balaban J connectivity index is 1.96. The molecule has 5 atom stereocenters. The Hall–Kier alpha value is 0. The molecule has 0 heteroatoms. The summed E-state index contributed by atoms with van der Waals surface area (Å²) in [7, 11) is 0. The summed E-state index contributed by atoms with van der Waals surface area (Å²) >= 11 is 0. The molecule has 1 spiro atoms. The Labute approximate surface area is 87.5 Å².